The number of aliphatic imine (C=N–C) groups is 1. The summed E-state index contributed by atoms with van der Waals surface area (Å²) in [4.78, 5) is 6.25. The number of nitrogens with zero attached hydrogens (tertiary/aromatic N) is 2. The largest absolute Gasteiger partial charge is 0.384 e. The molecule has 6 heteroatoms. The number of alkyl halides is 1. The molecule has 1 saturated heterocycles. The minimum atomic E-state index is -1.11. The van der Waals surface area contributed by atoms with Crippen LogP contribution < -0.4 is 0 Å². The number of rotatable bonds is 9. The Morgan fingerprint density at radius 1 is 1.35 bits per heavy atom. The summed E-state index contributed by atoms with van der Waals surface area (Å²) in [5.41, 5.74) is 0.723. The first-order chi connectivity index (χ1) is 12.5. The highest BCUT2D eigenvalue weighted by Gasteiger charge is 2.32. The topological polar surface area (TPSA) is 34.1 Å². The quantitative estimate of drug-likeness (QED) is 0.582. The summed E-state index contributed by atoms with van der Waals surface area (Å²) < 4.78 is 38.1. The van der Waals surface area contributed by atoms with E-state index < -0.39 is 6.17 Å². The van der Waals surface area contributed by atoms with E-state index in [2.05, 4.69) is 4.99 Å². The summed E-state index contributed by atoms with van der Waals surface area (Å²) in [6.07, 6.45) is 9.61. The maximum Gasteiger partial charge on any atom is 0.160 e. The zero-order valence-electron chi connectivity index (χ0n) is 15.7. The molecule has 0 radical (unpaired) electrons. The van der Waals surface area contributed by atoms with Gasteiger partial charge in [-0.05, 0) is 18.6 Å². The van der Waals surface area contributed by atoms with Crippen LogP contribution >= 0.6 is 0 Å². The number of likely N-dealkylation sites (tertiary alicyclic amines) is 1. The maximum atomic E-state index is 14.6. The minimum absolute atomic E-state index is 0.203. The molecule has 2 rings (SSSR count). The maximum absolute atomic E-state index is 14.6. The molecule has 0 aromatic rings. The number of methoxy groups -OCH3 is 2. The van der Waals surface area contributed by atoms with Crippen LogP contribution in [0.3, 0.4) is 0 Å². The van der Waals surface area contributed by atoms with E-state index >= 15 is 0 Å². The van der Waals surface area contributed by atoms with Gasteiger partial charge >= 0.3 is 0 Å². The highest BCUT2D eigenvalue weighted by Crippen LogP contribution is 2.32. The Hall–Kier alpha value is -1.79. The van der Waals surface area contributed by atoms with Gasteiger partial charge in [-0.3, -0.25) is 0 Å². The van der Waals surface area contributed by atoms with Gasteiger partial charge in [-0.2, -0.15) is 0 Å². The van der Waals surface area contributed by atoms with Crippen LogP contribution in [0.5, 0.6) is 0 Å². The number of halogens is 2. The van der Waals surface area contributed by atoms with E-state index in [0.717, 1.165) is 18.7 Å². The van der Waals surface area contributed by atoms with Crippen molar-refractivity contribution in [1.82, 2.24) is 4.90 Å². The Morgan fingerprint density at radius 2 is 2.12 bits per heavy atom. The molecular weight excluding hydrogens is 338 g/mol. The van der Waals surface area contributed by atoms with Gasteiger partial charge in [-0.15, -0.1) is 0 Å². The summed E-state index contributed by atoms with van der Waals surface area (Å²) in [6.45, 7) is 4.16. The Labute approximate surface area is 154 Å². The molecule has 1 fully saturated rings. The molecule has 26 heavy (non-hydrogen) atoms. The van der Waals surface area contributed by atoms with Crippen molar-refractivity contribution in [2.45, 2.75) is 19.5 Å². The van der Waals surface area contributed by atoms with Crippen LogP contribution in [-0.2, 0) is 9.47 Å². The van der Waals surface area contributed by atoms with E-state index in [1.165, 1.54) is 13.0 Å². The number of ether oxygens (including phenoxy) is 2. The SMILES string of the molecule is COC/C=C/C=C\C(=C/C(C)F)C1C=NC(N2CC(COC)C2)=C(F)C1. The zero-order valence-corrected chi connectivity index (χ0v) is 15.7. The van der Waals surface area contributed by atoms with Crippen LogP contribution in [0, 0.1) is 11.8 Å². The van der Waals surface area contributed by atoms with Crippen molar-refractivity contribution in [2.75, 3.05) is 40.5 Å². The molecular formula is C20H28F2N2O2. The Kier molecular flexibility index (Phi) is 8.19. The van der Waals surface area contributed by atoms with Gasteiger partial charge in [0.05, 0.1) is 13.2 Å². The van der Waals surface area contributed by atoms with E-state index in [9.17, 15) is 8.78 Å². The standard InChI is InChI=1S/C20H28F2N2O2/c1-15(21)9-17(7-5-4-6-8-25-2)18-10-19(22)20(23-11-18)24-12-16(13-24)14-26-3/h4-7,9,11,15-16,18H,8,10,12-14H2,1-3H3/b6-4+,7-5-,17-9+. The lowest BCUT2D eigenvalue weighted by Gasteiger charge is -2.41. The van der Waals surface area contributed by atoms with Crippen LogP contribution in [0.4, 0.5) is 8.78 Å². The van der Waals surface area contributed by atoms with Gasteiger partial charge in [0.15, 0.2) is 5.82 Å². The van der Waals surface area contributed by atoms with Crippen LogP contribution in [0.25, 0.3) is 0 Å². The molecule has 2 aliphatic rings. The molecule has 144 valence electrons. The van der Waals surface area contributed by atoms with Gasteiger partial charge in [-0.1, -0.05) is 24.3 Å². The van der Waals surface area contributed by atoms with Crippen molar-refractivity contribution in [3.05, 3.63) is 47.6 Å². The van der Waals surface area contributed by atoms with E-state index in [-0.39, 0.29) is 18.2 Å². The summed E-state index contributed by atoms with van der Waals surface area (Å²) >= 11 is 0. The molecule has 0 aromatic carbocycles. The summed E-state index contributed by atoms with van der Waals surface area (Å²) in [7, 11) is 3.29. The molecule has 0 aromatic heterocycles. The fourth-order valence-electron chi connectivity index (χ4n) is 3.07. The first-order valence-corrected chi connectivity index (χ1v) is 8.89. The van der Waals surface area contributed by atoms with E-state index in [1.54, 1.807) is 26.5 Å². The second-order valence-electron chi connectivity index (χ2n) is 6.63. The van der Waals surface area contributed by atoms with Crippen LogP contribution in [-0.4, -0.2) is 57.8 Å². The second-order valence-corrected chi connectivity index (χ2v) is 6.63. The number of hydrogen-bond donors (Lipinski definition) is 0. The van der Waals surface area contributed by atoms with E-state index in [1.807, 2.05) is 23.1 Å². The van der Waals surface area contributed by atoms with Crippen molar-refractivity contribution in [3.63, 3.8) is 0 Å². The Balaban J connectivity index is 2.01. The van der Waals surface area contributed by atoms with Crippen LogP contribution in [0.2, 0.25) is 0 Å². The first-order valence-electron chi connectivity index (χ1n) is 8.89. The monoisotopic (exact) mass is 366 g/mol. The number of allylic oxidation sites excluding steroid dienone is 6. The molecule has 0 spiro atoms. The molecule has 2 unspecified atom stereocenters. The third kappa shape index (κ3) is 5.88. The molecule has 0 amide bonds. The Morgan fingerprint density at radius 3 is 2.73 bits per heavy atom. The fraction of sp³-hybridized carbons (Fsp3) is 0.550. The van der Waals surface area contributed by atoms with Gasteiger partial charge in [0.2, 0.25) is 0 Å². The lowest BCUT2D eigenvalue weighted by molar-refractivity contribution is 0.0530. The third-order valence-corrected chi connectivity index (χ3v) is 4.33. The van der Waals surface area contributed by atoms with Crippen LogP contribution in [0.1, 0.15) is 13.3 Å². The second kappa shape index (κ2) is 10.4. The van der Waals surface area contributed by atoms with Gasteiger partial charge in [0.25, 0.3) is 0 Å². The minimum Gasteiger partial charge on any atom is -0.384 e. The lowest BCUT2D eigenvalue weighted by Crippen LogP contribution is -2.48. The summed E-state index contributed by atoms with van der Waals surface area (Å²) in [6, 6.07) is 0. The smallest absolute Gasteiger partial charge is 0.160 e. The van der Waals surface area contributed by atoms with E-state index in [0.29, 0.717) is 25.0 Å². The lowest BCUT2D eigenvalue weighted by atomic mass is 9.92. The van der Waals surface area contributed by atoms with Crippen molar-refractivity contribution < 1.29 is 18.3 Å². The molecule has 0 N–H and O–H groups in total. The molecule has 2 atom stereocenters. The molecule has 0 bridgehead atoms. The van der Waals surface area contributed by atoms with Crippen molar-refractivity contribution in [2.24, 2.45) is 16.8 Å². The van der Waals surface area contributed by atoms with E-state index in [4.69, 9.17) is 9.47 Å². The third-order valence-electron chi connectivity index (χ3n) is 4.33. The molecule has 2 aliphatic heterocycles. The molecule has 4 nitrogen and oxygen atoms in total. The fourth-order valence-corrected chi connectivity index (χ4v) is 3.07. The summed E-state index contributed by atoms with van der Waals surface area (Å²) in [5, 5.41) is 0. The predicted octanol–water partition coefficient (Wildman–Crippen LogP) is 3.84. The normalized spacial score (nSPS) is 23.3. The first kappa shape index (κ1) is 20.5. The van der Waals surface area contributed by atoms with Gasteiger partial charge < -0.3 is 14.4 Å². The molecule has 0 aliphatic carbocycles. The average Bonchev–Trinajstić information content (AvgIpc) is 2.57. The highest BCUT2D eigenvalue weighted by molar-refractivity contribution is 5.69. The molecule has 0 saturated carbocycles. The van der Waals surface area contributed by atoms with Crippen molar-refractivity contribution in [3.8, 4) is 0 Å². The van der Waals surface area contributed by atoms with Crippen LogP contribution in [0.15, 0.2) is 52.6 Å². The van der Waals surface area contributed by atoms with Crippen molar-refractivity contribution in [1.29, 1.82) is 0 Å². The van der Waals surface area contributed by atoms with Gasteiger partial charge in [0.1, 0.15) is 12.0 Å². The van der Waals surface area contributed by atoms with Gasteiger partial charge in [-0.25, -0.2) is 13.8 Å². The molecule has 2 heterocycles. The van der Waals surface area contributed by atoms with Crippen molar-refractivity contribution >= 4 is 6.21 Å². The predicted molar refractivity (Wildman–Crippen MR) is 100 cm³/mol. The zero-order chi connectivity index (χ0) is 18.9. The summed E-state index contributed by atoms with van der Waals surface area (Å²) in [5.74, 6) is 0.331. The highest BCUT2D eigenvalue weighted by atomic mass is 19.1. The Bertz CT molecular complexity index is 603. The number of hydrogen-bond acceptors (Lipinski definition) is 4. The average molecular weight is 366 g/mol. The van der Waals surface area contributed by atoms with Gasteiger partial charge in [0, 0.05) is 51.8 Å².